The van der Waals surface area contributed by atoms with E-state index in [0.717, 1.165) is 12.2 Å². The number of benzene rings is 1. The molecule has 1 unspecified atom stereocenters. The predicted molar refractivity (Wildman–Crippen MR) is 86.3 cm³/mol. The molecule has 0 saturated carbocycles. The fourth-order valence-corrected chi connectivity index (χ4v) is 3.43. The maximum Gasteiger partial charge on any atom is 0.0641 e. The average molecular weight is 283 g/mol. The molecular weight excluding hydrogens is 258 g/mol. The molecule has 3 heteroatoms. The Morgan fingerprint density at radius 2 is 2.05 bits per heavy atom. The molecule has 0 aliphatic heterocycles. The summed E-state index contributed by atoms with van der Waals surface area (Å²) >= 11 is 0. The topological polar surface area (TPSA) is 29.9 Å². The molecule has 112 valence electrons. The third-order valence-corrected chi connectivity index (χ3v) is 4.80. The zero-order valence-corrected chi connectivity index (χ0v) is 13.3. The van der Waals surface area contributed by atoms with Gasteiger partial charge in [0.15, 0.2) is 0 Å². The van der Waals surface area contributed by atoms with Crippen molar-refractivity contribution in [1.29, 1.82) is 0 Å². The minimum Gasteiger partial charge on any atom is -0.306 e. The van der Waals surface area contributed by atoms with Gasteiger partial charge >= 0.3 is 0 Å². The second-order valence-corrected chi connectivity index (χ2v) is 6.15. The van der Waals surface area contributed by atoms with Gasteiger partial charge in [0.1, 0.15) is 0 Å². The minimum atomic E-state index is 0.475. The van der Waals surface area contributed by atoms with Gasteiger partial charge in [0.25, 0.3) is 0 Å². The summed E-state index contributed by atoms with van der Waals surface area (Å²) < 4.78 is 1.98. The van der Waals surface area contributed by atoms with Crippen molar-refractivity contribution in [2.75, 3.05) is 0 Å². The molecule has 1 aromatic heterocycles. The molecule has 1 N–H and O–H groups in total. The lowest BCUT2D eigenvalue weighted by Crippen LogP contribution is -2.21. The second-order valence-electron chi connectivity index (χ2n) is 6.15. The Labute approximate surface area is 127 Å². The van der Waals surface area contributed by atoms with Gasteiger partial charge in [-0.05, 0) is 44.2 Å². The fraction of sp³-hybridized carbons (Fsp3) is 0.500. The summed E-state index contributed by atoms with van der Waals surface area (Å²) in [4.78, 5) is 0. The number of aryl methyl sites for hydroxylation is 3. The quantitative estimate of drug-likeness (QED) is 0.872. The largest absolute Gasteiger partial charge is 0.306 e. The van der Waals surface area contributed by atoms with Gasteiger partial charge in [-0.15, -0.1) is 0 Å². The zero-order valence-electron chi connectivity index (χ0n) is 13.3. The van der Waals surface area contributed by atoms with Crippen LogP contribution in [0.1, 0.15) is 53.4 Å². The third-order valence-electron chi connectivity index (χ3n) is 4.80. The lowest BCUT2D eigenvalue weighted by atomic mass is 9.99. The van der Waals surface area contributed by atoms with Gasteiger partial charge in [-0.3, -0.25) is 4.68 Å². The molecule has 1 atom stereocenters. The first-order chi connectivity index (χ1) is 10.2. The van der Waals surface area contributed by atoms with Crippen LogP contribution >= 0.6 is 0 Å². The SMILES string of the molecule is Cc1nn(C)c(C)c1CNC1CCCCc2ccccc21. The lowest BCUT2D eigenvalue weighted by Gasteiger charge is -2.19. The summed E-state index contributed by atoms with van der Waals surface area (Å²) in [6.45, 7) is 5.16. The number of hydrogen-bond acceptors (Lipinski definition) is 2. The Morgan fingerprint density at radius 1 is 1.24 bits per heavy atom. The van der Waals surface area contributed by atoms with Crippen LogP contribution in [0.2, 0.25) is 0 Å². The summed E-state index contributed by atoms with van der Waals surface area (Å²) in [7, 11) is 2.02. The standard InChI is InChI=1S/C18H25N3/c1-13-17(14(2)21(3)20-13)12-19-18-11-7-5-9-15-8-4-6-10-16(15)18/h4,6,8,10,18-19H,5,7,9,11-12H2,1-3H3. The molecule has 21 heavy (non-hydrogen) atoms. The first kappa shape index (κ1) is 14.3. The molecule has 3 rings (SSSR count). The van der Waals surface area contributed by atoms with Crippen molar-refractivity contribution in [3.05, 3.63) is 52.3 Å². The van der Waals surface area contributed by atoms with E-state index in [1.807, 2.05) is 11.7 Å². The smallest absolute Gasteiger partial charge is 0.0641 e. The molecule has 0 amide bonds. The predicted octanol–water partition coefficient (Wildman–Crippen LogP) is 3.59. The fourth-order valence-electron chi connectivity index (χ4n) is 3.43. The monoisotopic (exact) mass is 283 g/mol. The Bertz CT molecular complexity index is 627. The summed E-state index contributed by atoms with van der Waals surface area (Å²) in [6.07, 6.45) is 5.06. The summed E-state index contributed by atoms with van der Waals surface area (Å²) in [5, 5.41) is 8.29. The van der Waals surface area contributed by atoms with Crippen LogP contribution in [0.4, 0.5) is 0 Å². The van der Waals surface area contributed by atoms with E-state index in [1.54, 1.807) is 0 Å². The lowest BCUT2D eigenvalue weighted by molar-refractivity contribution is 0.487. The average Bonchev–Trinajstić information content (AvgIpc) is 2.67. The van der Waals surface area contributed by atoms with Crippen LogP contribution in [0.25, 0.3) is 0 Å². The van der Waals surface area contributed by atoms with Gasteiger partial charge in [-0.2, -0.15) is 5.10 Å². The van der Waals surface area contributed by atoms with E-state index in [9.17, 15) is 0 Å². The van der Waals surface area contributed by atoms with Crippen molar-refractivity contribution < 1.29 is 0 Å². The molecule has 0 spiro atoms. The van der Waals surface area contributed by atoms with Crippen LogP contribution in [0.3, 0.4) is 0 Å². The number of nitrogens with zero attached hydrogens (tertiary/aromatic N) is 2. The molecule has 0 saturated heterocycles. The van der Waals surface area contributed by atoms with Gasteiger partial charge in [-0.1, -0.05) is 30.7 Å². The Hall–Kier alpha value is -1.61. The molecule has 0 radical (unpaired) electrons. The van der Waals surface area contributed by atoms with Gasteiger partial charge in [0, 0.05) is 30.9 Å². The molecule has 1 heterocycles. The van der Waals surface area contributed by atoms with E-state index in [0.29, 0.717) is 6.04 Å². The van der Waals surface area contributed by atoms with E-state index in [4.69, 9.17) is 0 Å². The van der Waals surface area contributed by atoms with Crippen molar-refractivity contribution >= 4 is 0 Å². The summed E-state index contributed by atoms with van der Waals surface area (Å²) in [5.41, 5.74) is 6.77. The molecule has 2 aromatic rings. The summed E-state index contributed by atoms with van der Waals surface area (Å²) in [5.74, 6) is 0. The van der Waals surface area contributed by atoms with Crippen molar-refractivity contribution in [2.24, 2.45) is 7.05 Å². The minimum absolute atomic E-state index is 0.475. The van der Waals surface area contributed by atoms with E-state index >= 15 is 0 Å². The Morgan fingerprint density at radius 3 is 2.81 bits per heavy atom. The van der Waals surface area contributed by atoms with Crippen LogP contribution in [0.15, 0.2) is 24.3 Å². The van der Waals surface area contributed by atoms with Gasteiger partial charge in [-0.25, -0.2) is 0 Å². The normalized spacial score (nSPS) is 18.3. The van der Waals surface area contributed by atoms with Crippen LogP contribution in [0.5, 0.6) is 0 Å². The molecule has 1 aliphatic rings. The van der Waals surface area contributed by atoms with Gasteiger partial charge in [0.2, 0.25) is 0 Å². The highest BCUT2D eigenvalue weighted by Gasteiger charge is 2.19. The maximum absolute atomic E-state index is 4.51. The van der Waals surface area contributed by atoms with Crippen molar-refractivity contribution in [1.82, 2.24) is 15.1 Å². The van der Waals surface area contributed by atoms with Crippen LogP contribution in [-0.2, 0) is 20.0 Å². The highest BCUT2D eigenvalue weighted by molar-refractivity contribution is 5.32. The van der Waals surface area contributed by atoms with Gasteiger partial charge in [0.05, 0.1) is 5.69 Å². The summed E-state index contributed by atoms with van der Waals surface area (Å²) in [6, 6.07) is 9.38. The van der Waals surface area contributed by atoms with Crippen molar-refractivity contribution in [2.45, 2.75) is 52.1 Å². The number of hydrogen-bond donors (Lipinski definition) is 1. The van der Waals surface area contributed by atoms with Crippen LogP contribution < -0.4 is 5.32 Å². The Balaban J connectivity index is 1.79. The molecule has 1 aliphatic carbocycles. The molecule has 0 bridgehead atoms. The first-order valence-corrected chi connectivity index (χ1v) is 7.97. The first-order valence-electron chi connectivity index (χ1n) is 7.97. The molecule has 3 nitrogen and oxygen atoms in total. The maximum atomic E-state index is 4.51. The van der Waals surface area contributed by atoms with Gasteiger partial charge < -0.3 is 5.32 Å². The van der Waals surface area contributed by atoms with E-state index in [1.165, 1.54) is 48.1 Å². The molecular formula is C18H25N3. The molecule has 1 aromatic carbocycles. The van der Waals surface area contributed by atoms with Crippen LogP contribution in [-0.4, -0.2) is 9.78 Å². The Kier molecular flexibility index (Phi) is 4.11. The number of fused-ring (bicyclic) bond motifs is 1. The zero-order chi connectivity index (χ0) is 14.8. The third kappa shape index (κ3) is 2.88. The molecule has 0 fully saturated rings. The van der Waals surface area contributed by atoms with Crippen molar-refractivity contribution in [3.63, 3.8) is 0 Å². The number of nitrogens with one attached hydrogen (secondary N) is 1. The second kappa shape index (κ2) is 6.02. The highest BCUT2D eigenvalue weighted by Crippen LogP contribution is 2.29. The van der Waals surface area contributed by atoms with E-state index in [-0.39, 0.29) is 0 Å². The van der Waals surface area contributed by atoms with E-state index in [2.05, 4.69) is 48.5 Å². The number of aromatic nitrogens is 2. The van der Waals surface area contributed by atoms with Crippen molar-refractivity contribution in [3.8, 4) is 0 Å². The van der Waals surface area contributed by atoms with Crippen LogP contribution in [0, 0.1) is 13.8 Å². The van der Waals surface area contributed by atoms with E-state index < -0.39 is 0 Å². The number of rotatable bonds is 3. The highest BCUT2D eigenvalue weighted by atomic mass is 15.3.